The first-order chi connectivity index (χ1) is 11.8. The van der Waals surface area contributed by atoms with Gasteiger partial charge in [0.1, 0.15) is 0 Å². The fourth-order valence-electron chi connectivity index (χ4n) is 2.87. The van der Waals surface area contributed by atoms with Crippen molar-refractivity contribution in [3.63, 3.8) is 0 Å². The van der Waals surface area contributed by atoms with Gasteiger partial charge in [0.15, 0.2) is 0 Å². The lowest BCUT2D eigenvalue weighted by Crippen LogP contribution is -2.25. The second-order valence-corrected chi connectivity index (χ2v) is 6.37. The van der Waals surface area contributed by atoms with Crippen molar-refractivity contribution in [2.75, 3.05) is 0 Å². The molecule has 0 aliphatic rings. The van der Waals surface area contributed by atoms with E-state index in [-0.39, 0.29) is 0 Å². The smallest absolute Gasteiger partial charge is 0.0207 e. The molecule has 3 rings (SSSR count). The molecule has 24 heavy (non-hydrogen) atoms. The largest absolute Gasteiger partial charge is 0.310 e. The van der Waals surface area contributed by atoms with Crippen molar-refractivity contribution in [2.24, 2.45) is 0 Å². The Morgan fingerprint density at radius 1 is 0.667 bits per heavy atom. The van der Waals surface area contributed by atoms with Gasteiger partial charge in [0.2, 0.25) is 0 Å². The van der Waals surface area contributed by atoms with Crippen LogP contribution in [0.4, 0.5) is 0 Å². The van der Waals surface area contributed by atoms with Crippen molar-refractivity contribution in [3.8, 4) is 11.1 Å². The van der Waals surface area contributed by atoms with E-state index in [0.717, 1.165) is 19.4 Å². The molecule has 0 aromatic heterocycles. The van der Waals surface area contributed by atoms with Gasteiger partial charge in [0.05, 0.1) is 0 Å². The first-order valence-electron chi connectivity index (χ1n) is 8.73. The van der Waals surface area contributed by atoms with Crippen LogP contribution in [0.25, 0.3) is 11.1 Å². The summed E-state index contributed by atoms with van der Waals surface area (Å²) in [6.07, 6.45) is 2.29. The molecule has 0 spiro atoms. The van der Waals surface area contributed by atoms with Crippen LogP contribution in [0.15, 0.2) is 84.9 Å². The lowest BCUT2D eigenvalue weighted by Gasteiger charge is -2.14. The van der Waals surface area contributed by atoms with Gasteiger partial charge >= 0.3 is 0 Å². The number of nitrogens with one attached hydrogen (secondary N) is 1. The molecule has 0 bridgehead atoms. The molecular weight excluding hydrogens is 290 g/mol. The Morgan fingerprint density at radius 2 is 1.25 bits per heavy atom. The van der Waals surface area contributed by atoms with Crippen LogP contribution in [-0.4, -0.2) is 6.04 Å². The highest BCUT2D eigenvalue weighted by atomic mass is 14.9. The Labute approximate surface area is 145 Å². The third kappa shape index (κ3) is 4.81. The van der Waals surface area contributed by atoms with Gasteiger partial charge in [-0.15, -0.1) is 0 Å². The molecule has 122 valence electrons. The summed E-state index contributed by atoms with van der Waals surface area (Å²) in [5.41, 5.74) is 5.30. The predicted molar refractivity (Wildman–Crippen MR) is 103 cm³/mol. The molecule has 0 saturated heterocycles. The number of rotatable bonds is 7. The quantitative estimate of drug-likeness (QED) is 0.610. The van der Waals surface area contributed by atoms with Crippen LogP contribution in [0.2, 0.25) is 0 Å². The van der Waals surface area contributed by atoms with Gasteiger partial charge in [-0.1, -0.05) is 84.9 Å². The van der Waals surface area contributed by atoms with Crippen LogP contribution >= 0.6 is 0 Å². The van der Waals surface area contributed by atoms with Gasteiger partial charge < -0.3 is 5.32 Å². The van der Waals surface area contributed by atoms with E-state index in [4.69, 9.17) is 0 Å². The molecule has 0 aliphatic carbocycles. The standard InChI is InChI=1S/C23H25N/c1-19(12-13-20-8-4-2-5-9-20)24-18-21-14-16-23(17-15-21)22-10-6-3-7-11-22/h2-11,14-17,19,24H,12-13,18H2,1H3/t19-/m1/s1. The lowest BCUT2D eigenvalue weighted by molar-refractivity contribution is 0.514. The van der Waals surface area contributed by atoms with Crippen molar-refractivity contribution in [1.82, 2.24) is 5.32 Å². The molecular formula is C23H25N. The average Bonchev–Trinajstić information content (AvgIpc) is 2.67. The van der Waals surface area contributed by atoms with Crippen LogP contribution in [0.3, 0.4) is 0 Å². The first-order valence-corrected chi connectivity index (χ1v) is 8.73. The SMILES string of the molecule is C[C@H](CCc1ccccc1)NCc1ccc(-c2ccccc2)cc1. The molecule has 0 fully saturated rings. The maximum Gasteiger partial charge on any atom is 0.0207 e. The first kappa shape index (κ1) is 16.5. The number of benzene rings is 3. The highest BCUT2D eigenvalue weighted by molar-refractivity contribution is 5.63. The molecule has 0 amide bonds. The third-order valence-corrected chi connectivity index (χ3v) is 4.42. The molecule has 0 radical (unpaired) electrons. The minimum absolute atomic E-state index is 0.513. The van der Waals surface area contributed by atoms with Crippen LogP contribution in [-0.2, 0) is 13.0 Å². The summed E-state index contributed by atoms with van der Waals surface area (Å²) in [6.45, 7) is 3.19. The monoisotopic (exact) mass is 315 g/mol. The fraction of sp³-hybridized carbons (Fsp3) is 0.217. The van der Waals surface area contributed by atoms with Gasteiger partial charge in [-0.25, -0.2) is 0 Å². The maximum absolute atomic E-state index is 3.63. The Hall–Kier alpha value is -2.38. The predicted octanol–water partition coefficient (Wildman–Crippen LogP) is 5.46. The number of hydrogen-bond acceptors (Lipinski definition) is 1. The second kappa shape index (κ2) is 8.47. The summed E-state index contributed by atoms with van der Waals surface area (Å²) >= 11 is 0. The zero-order valence-electron chi connectivity index (χ0n) is 14.3. The molecule has 3 aromatic carbocycles. The van der Waals surface area contributed by atoms with E-state index in [2.05, 4.69) is 97.2 Å². The van der Waals surface area contributed by atoms with E-state index in [1.165, 1.54) is 22.3 Å². The van der Waals surface area contributed by atoms with Crippen molar-refractivity contribution >= 4 is 0 Å². The average molecular weight is 315 g/mol. The summed E-state index contributed by atoms with van der Waals surface area (Å²) in [7, 11) is 0. The van der Waals surface area contributed by atoms with Crippen LogP contribution < -0.4 is 5.32 Å². The van der Waals surface area contributed by atoms with E-state index < -0.39 is 0 Å². The van der Waals surface area contributed by atoms with Crippen LogP contribution in [0, 0.1) is 0 Å². The summed E-state index contributed by atoms with van der Waals surface area (Å²) in [4.78, 5) is 0. The minimum atomic E-state index is 0.513. The number of hydrogen-bond donors (Lipinski definition) is 1. The van der Waals surface area contributed by atoms with E-state index in [9.17, 15) is 0 Å². The van der Waals surface area contributed by atoms with Crippen LogP contribution in [0.5, 0.6) is 0 Å². The summed E-state index contributed by atoms with van der Waals surface area (Å²) in [6, 6.07) is 30.6. The van der Waals surface area contributed by atoms with Gasteiger partial charge in [-0.05, 0) is 42.0 Å². The fourth-order valence-corrected chi connectivity index (χ4v) is 2.87. The van der Waals surface area contributed by atoms with Crippen molar-refractivity contribution in [1.29, 1.82) is 0 Å². The normalized spacial score (nSPS) is 12.0. The Bertz CT molecular complexity index is 717. The highest BCUT2D eigenvalue weighted by Crippen LogP contribution is 2.19. The zero-order valence-corrected chi connectivity index (χ0v) is 14.3. The summed E-state index contributed by atoms with van der Waals surface area (Å²) in [5, 5.41) is 3.63. The lowest BCUT2D eigenvalue weighted by atomic mass is 10.0. The van der Waals surface area contributed by atoms with Gasteiger partial charge in [0, 0.05) is 12.6 Å². The molecule has 0 unspecified atom stereocenters. The molecule has 1 heteroatoms. The topological polar surface area (TPSA) is 12.0 Å². The molecule has 1 N–H and O–H groups in total. The van der Waals surface area contributed by atoms with Crippen molar-refractivity contribution < 1.29 is 0 Å². The second-order valence-electron chi connectivity index (χ2n) is 6.37. The van der Waals surface area contributed by atoms with Gasteiger partial charge in [-0.3, -0.25) is 0 Å². The van der Waals surface area contributed by atoms with Crippen molar-refractivity contribution in [3.05, 3.63) is 96.1 Å². The molecule has 3 aromatic rings. The van der Waals surface area contributed by atoms with Gasteiger partial charge in [0.25, 0.3) is 0 Å². The van der Waals surface area contributed by atoms with E-state index >= 15 is 0 Å². The van der Waals surface area contributed by atoms with E-state index in [1.807, 2.05) is 0 Å². The summed E-state index contributed by atoms with van der Waals surface area (Å²) in [5.74, 6) is 0. The summed E-state index contributed by atoms with van der Waals surface area (Å²) < 4.78 is 0. The molecule has 1 nitrogen and oxygen atoms in total. The van der Waals surface area contributed by atoms with E-state index in [0.29, 0.717) is 6.04 Å². The third-order valence-electron chi connectivity index (χ3n) is 4.42. The molecule has 1 atom stereocenters. The molecule has 0 saturated carbocycles. The van der Waals surface area contributed by atoms with Crippen molar-refractivity contribution in [2.45, 2.75) is 32.4 Å². The Balaban J connectivity index is 1.48. The van der Waals surface area contributed by atoms with Gasteiger partial charge in [-0.2, -0.15) is 0 Å². The maximum atomic E-state index is 3.63. The minimum Gasteiger partial charge on any atom is -0.310 e. The molecule has 0 heterocycles. The highest BCUT2D eigenvalue weighted by Gasteiger charge is 2.03. The Morgan fingerprint density at radius 3 is 1.92 bits per heavy atom. The van der Waals surface area contributed by atoms with Crippen LogP contribution in [0.1, 0.15) is 24.5 Å². The zero-order chi connectivity index (χ0) is 16.6. The van der Waals surface area contributed by atoms with E-state index in [1.54, 1.807) is 0 Å². The molecule has 0 aliphatic heterocycles. The number of aryl methyl sites for hydroxylation is 1. The Kier molecular flexibility index (Phi) is 5.81.